The van der Waals surface area contributed by atoms with Gasteiger partial charge in [-0.1, -0.05) is 0 Å². The largest absolute Gasteiger partial charge is 0.476 e. The summed E-state index contributed by atoms with van der Waals surface area (Å²) in [7, 11) is 0. The van der Waals surface area contributed by atoms with Crippen LogP contribution in [0.1, 0.15) is 6.92 Å². The van der Waals surface area contributed by atoms with Gasteiger partial charge >= 0.3 is 5.97 Å². The number of hydrogen-bond acceptors (Lipinski definition) is 2. The molecule has 0 aromatic rings. The molecule has 3 nitrogen and oxygen atoms in total. The summed E-state index contributed by atoms with van der Waals surface area (Å²) in [5, 5.41) is 7.64. The Balaban J connectivity index is 0. The molecule has 0 unspecified atom stereocenters. The first-order valence-corrected chi connectivity index (χ1v) is 1.38. The molecule has 0 aliphatic rings. The Labute approximate surface area is 66.0 Å². The van der Waals surface area contributed by atoms with Crippen molar-refractivity contribution in [3.05, 3.63) is 0 Å². The minimum Gasteiger partial charge on any atom is -0.476 e. The zero-order valence-corrected chi connectivity index (χ0v) is 6.68. The summed E-state index contributed by atoms with van der Waals surface area (Å²) in [6.45, 7) is 1.00. The second-order valence-corrected chi connectivity index (χ2v) is 0.861. The molecule has 0 aromatic heterocycles. The fourth-order valence-electron chi connectivity index (χ4n) is 0. The minimum atomic E-state index is -1.38. The monoisotopic (exact) mass is 177 g/mol. The van der Waals surface area contributed by atoms with Crippen LogP contribution < -0.4 is 0 Å². The number of carbonyl (C=O) groups excluding carboxylic acids is 1. The van der Waals surface area contributed by atoms with E-state index in [4.69, 9.17) is 5.11 Å². The topological polar surface area (TPSA) is 54.4 Å². The number of ketones is 1. The fourth-order valence-corrected chi connectivity index (χ4v) is 0. The number of hydrogen-bond donors (Lipinski definition) is 1. The maximum atomic E-state index is 9.54. The first kappa shape index (κ1) is 10.3. The zero-order chi connectivity index (χ0) is 5.15. The number of rotatable bonds is 1. The van der Waals surface area contributed by atoms with Gasteiger partial charge in [-0.25, -0.2) is 4.79 Å². The zero-order valence-electron chi connectivity index (χ0n) is 3.84. The number of carbonyl (C=O) groups is 2. The molecule has 0 saturated heterocycles. The maximum absolute atomic E-state index is 9.54. The third-order valence-corrected chi connectivity index (χ3v) is 0.301. The van der Waals surface area contributed by atoms with Crippen molar-refractivity contribution in [3.8, 4) is 0 Å². The Morgan fingerprint density at radius 2 is 1.57 bits per heavy atom. The van der Waals surface area contributed by atoms with Crippen LogP contribution in [0.15, 0.2) is 0 Å². The predicted molar refractivity (Wildman–Crippen MR) is 18.3 cm³/mol. The van der Waals surface area contributed by atoms with Crippen molar-refractivity contribution in [2.24, 2.45) is 0 Å². The molecule has 0 rings (SSSR count). The molecule has 0 amide bonds. The molecule has 4 heteroatoms. The van der Waals surface area contributed by atoms with E-state index in [1.807, 2.05) is 0 Å². The Morgan fingerprint density at radius 3 is 1.57 bits per heavy atom. The van der Waals surface area contributed by atoms with Crippen molar-refractivity contribution in [1.29, 1.82) is 0 Å². The van der Waals surface area contributed by atoms with Gasteiger partial charge in [0.25, 0.3) is 0 Å². The van der Waals surface area contributed by atoms with Crippen LogP contribution in [0.5, 0.6) is 0 Å². The molecule has 0 aromatic carbocycles. The second-order valence-electron chi connectivity index (χ2n) is 0.861. The molecule has 0 aliphatic carbocycles. The van der Waals surface area contributed by atoms with Gasteiger partial charge in [-0.3, -0.25) is 4.79 Å². The van der Waals surface area contributed by atoms with Gasteiger partial charge in [-0.15, -0.1) is 0 Å². The SMILES string of the molecule is CC(=O)C(=O)O.[Y]. The van der Waals surface area contributed by atoms with E-state index in [1.54, 1.807) is 0 Å². The summed E-state index contributed by atoms with van der Waals surface area (Å²) in [4.78, 5) is 18.9. The molecule has 37 valence electrons. The minimum absolute atomic E-state index is 0. The van der Waals surface area contributed by atoms with E-state index in [9.17, 15) is 9.59 Å². The van der Waals surface area contributed by atoms with Crippen molar-refractivity contribution < 1.29 is 47.4 Å². The Bertz CT molecular complexity index is 76.2. The van der Waals surface area contributed by atoms with Crippen LogP contribution >= 0.6 is 0 Å². The van der Waals surface area contributed by atoms with Crippen molar-refractivity contribution in [3.63, 3.8) is 0 Å². The summed E-state index contributed by atoms with van der Waals surface area (Å²) < 4.78 is 0. The van der Waals surface area contributed by atoms with Crippen LogP contribution in [0.4, 0.5) is 0 Å². The van der Waals surface area contributed by atoms with E-state index in [1.165, 1.54) is 0 Å². The van der Waals surface area contributed by atoms with Crippen LogP contribution in [0.3, 0.4) is 0 Å². The van der Waals surface area contributed by atoms with Crippen molar-refractivity contribution >= 4 is 11.8 Å². The number of carboxylic acid groups (broad SMARTS) is 1. The van der Waals surface area contributed by atoms with E-state index in [0.29, 0.717) is 0 Å². The van der Waals surface area contributed by atoms with Gasteiger partial charge in [0, 0.05) is 39.6 Å². The van der Waals surface area contributed by atoms with Crippen LogP contribution in [0.2, 0.25) is 0 Å². The second kappa shape index (κ2) is 4.40. The van der Waals surface area contributed by atoms with E-state index in [-0.39, 0.29) is 32.7 Å². The van der Waals surface area contributed by atoms with Gasteiger partial charge in [-0.05, 0) is 0 Å². The molecular formula is C3H4O3Y. The van der Waals surface area contributed by atoms with Crippen molar-refractivity contribution in [2.45, 2.75) is 6.92 Å². The van der Waals surface area contributed by atoms with Crippen LogP contribution in [0, 0.1) is 0 Å². The average molecular weight is 177 g/mol. The molecule has 0 bridgehead atoms. The third kappa shape index (κ3) is 6.24. The van der Waals surface area contributed by atoms with Crippen LogP contribution in [-0.4, -0.2) is 16.9 Å². The van der Waals surface area contributed by atoms with Crippen molar-refractivity contribution in [2.75, 3.05) is 0 Å². The van der Waals surface area contributed by atoms with Crippen molar-refractivity contribution in [1.82, 2.24) is 0 Å². The van der Waals surface area contributed by atoms with Gasteiger partial charge in [0.1, 0.15) is 0 Å². The molecule has 0 saturated carbocycles. The molecule has 0 atom stereocenters. The fraction of sp³-hybridized carbons (Fsp3) is 0.333. The molecule has 1 N–H and O–H groups in total. The van der Waals surface area contributed by atoms with Gasteiger partial charge in [0.05, 0.1) is 0 Å². The first-order chi connectivity index (χ1) is 2.64. The molecule has 1 radical (unpaired) electrons. The quantitative estimate of drug-likeness (QED) is 0.557. The molecule has 0 spiro atoms. The van der Waals surface area contributed by atoms with Gasteiger partial charge in [0.2, 0.25) is 5.78 Å². The Hall–Kier alpha value is 0.244. The Kier molecular flexibility index (Phi) is 6.46. The third-order valence-electron chi connectivity index (χ3n) is 0.301. The summed E-state index contributed by atoms with van der Waals surface area (Å²) in [6, 6.07) is 0. The molecule has 0 aliphatic heterocycles. The smallest absolute Gasteiger partial charge is 0.371 e. The van der Waals surface area contributed by atoms with Gasteiger partial charge in [-0.2, -0.15) is 0 Å². The van der Waals surface area contributed by atoms with E-state index in [0.717, 1.165) is 6.92 Å². The van der Waals surface area contributed by atoms with Crippen LogP contribution in [0.25, 0.3) is 0 Å². The number of aliphatic carboxylic acids is 1. The van der Waals surface area contributed by atoms with Gasteiger partial charge in [0.15, 0.2) is 0 Å². The predicted octanol–water partition coefficient (Wildman–Crippen LogP) is -0.343. The normalized spacial score (nSPS) is 6.43. The van der Waals surface area contributed by atoms with E-state index < -0.39 is 11.8 Å². The molecule has 0 heterocycles. The molecule has 7 heavy (non-hydrogen) atoms. The summed E-state index contributed by atoms with van der Waals surface area (Å²) >= 11 is 0. The summed E-state index contributed by atoms with van der Waals surface area (Å²) in [5.41, 5.74) is 0. The standard InChI is InChI=1S/C3H4O3.Y/c1-2(4)3(5)6;/h1H3,(H,5,6);. The summed E-state index contributed by atoms with van der Waals surface area (Å²) in [5.74, 6) is -2.20. The maximum Gasteiger partial charge on any atom is 0.371 e. The number of Topliss-reactive ketones (excluding diaryl/α,β-unsaturated/α-hetero) is 1. The Morgan fingerprint density at radius 1 is 1.43 bits per heavy atom. The number of carboxylic acids is 1. The average Bonchev–Trinajstić information content (AvgIpc) is 1.36. The first-order valence-electron chi connectivity index (χ1n) is 1.38. The van der Waals surface area contributed by atoms with Crippen LogP contribution in [-0.2, 0) is 42.3 Å². The molecular weight excluding hydrogens is 173 g/mol. The van der Waals surface area contributed by atoms with E-state index in [2.05, 4.69) is 0 Å². The summed E-state index contributed by atoms with van der Waals surface area (Å²) in [6.07, 6.45) is 0. The molecule has 0 fully saturated rings. The van der Waals surface area contributed by atoms with E-state index >= 15 is 0 Å². The van der Waals surface area contributed by atoms with Gasteiger partial charge < -0.3 is 5.11 Å².